The standard InChI is InChI=1S/C18H27NO3S/c1-13-6-5-7-17(9-13)12-23(21,22)16(4)18(20)19-10-14(2)8-15(3)11-19/h5-7,9,14-16H,8,10-12H2,1-4H3/t14-,15-,16+/m0/s1. The topological polar surface area (TPSA) is 54.5 Å². The molecule has 1 amide bonds. The van der Waals surface area contributed by atoms with Crippen LogP contribution in [-0.4, -0.2) is 37.6 Å². The fourth-order valence-electron chi connectivity index (χ4n) is 3.41. The molecular weight excluding hydrogens is 310 g/mol. The maximum Gasteiger partial charge on any atom is 0.240 e. The molecule has 1 saturated heterocycles. The van der Waals surface area contributed by atoms with Crippen LogP contribution in [0.5, 0.6) is 0 Å². The molecule has 5 heteroatoms. The highest BCUT2D eigenvalue weighted by Gasteiger charge is 2.34. The van der Waals surface area contributed by atoms with E-state index < -0.39 is 15.1 Å². The molecule has 0 aliphatic carbocycles. The van der Waals surface area contributed by atoms with Crippen LogP contribution in [0.25, 0.3) is 0 Å². The molecule has 0 aromatic heterocycles. The van der Waals surface area contributed by atoms with Crippen LogP contribution in [0.1, 0.15) is 38.3 Å². The van der Waals surface area contributed by atoms with Gasteiger partial charge in [-0.25, -0.2) is 8.42 Å². The Kier molecular flexibility index (Phi) is 5.50. The zero-order chi connectivity index (χ0) is 17.2. The zero-order valence-corrected chi connectivity index (χ0v) is 15.3. The van der Waals surface area contributed by atoms with Gasteiger partial charge in [0.15, 0.2) is 9.84 Å². The maximum absolute atomic E-state index is 12.6. The van der Waals surface area contributed by atoms with Crippen molar-refractivity contribution < 1.29 is 13.2 Å². The van der Waals surface area contributed by atoms with Crippen LogP contribution in [0.15, 0.2) is 24.3 Å². The van der Waals surface area contributed by atoms with Crippen molar-refractivity contribution in [2.45, 2.75) is 45.1 Å². The molecule has 3 atom stereocenters. The predicted octanol–water partition coefficient (Wildman–Crippen LogP) is 2.80. The minimum atomic E-state index is -3.50. The number of carbonyl (C=O) groups excluding carboxylic acids is 1. The van der Waals surface area contributed by atoms with E-state index in [1.54, 1.807) is 11.0 Å². The average Bonchev–Trinajstić information content (AvgIpc) is 2.44. The highest BCUT2D eigenvalue weighted by atomic mass is 32.2. The lowest BCUT2D eigenvalue weighted by Crippen LogP contribution is -2.48. The van der Waals surface area contributed by atoms with Gasteiger partial charge in [0.25, 0.3) is 0 Å². The number of rotatable bonds is 4. The van der Waals surface area contributed by atoms with Crippen LogP contribution in [-0.2, 0) is 20.4 Å². The summed E-state index contributed by atoms with van der Waals surface area (Å²) in [5.41, 5.74) is 1.76. The number of aryl methyl sites for hydroxylation is 1. The third kappa shape index (κ3) is 4.56. The first-order chi connectivity index (χ1) is 10.7. The lowest BCUT2D eigenvalue weighted by Gasteiger charge is -2.36. The van der Waals surface area contributed by atoms with Gasteiger partial charge in [-0.15, -0.1) is 0 Å². The summed E-state index contributed by atoms with van der Waals surface area (Å²) in [7, 11) is -3.50. The molecule has 1 aliphatic rings. The first-order valence-corrected chi connectivity index (χ1v) is 9.96. The molecular formula is C18H27NO3S. The molecule has 1 heterocycles. The van der Waals surface area contributed by atoms with Crippen LogP contribution in [0.4, 0.5) is 0 Å². The third-order valence-corrected chi connectivity index (χ3v) is 6.53. The van der Waals surface area contributed by atoms with E-state index in [0.29, 0.717) is 24.9 Å². The number of likely N-dealkylation sites (tertiary alicyclic amines) is 1. The first-order valence-electron chi connectivity index (χ1n) is 8.25. The van der Waals surface area contributed by atoms with Gasteiger partial charge in [-0.05, 0) is 37.7 Å². The van der Waals surface area contributed by atoms with Crippen molar-refractivity contribution in [1.82, 2.24) is 4.90 Å². The maximum atomic E-state index is 12.6. The van der Waals surface area contributed by atoms with Crippen LogP contribution < -0.4 is 0 Å². The van der Waals surface area contributed by atoms with Crippen molar-refractivity contribution in [1.29, 1.82) is 0 Å². The van der Waals surface area contributed by atoms with E-state index in [4.69, 9.17) is 0 Å². The van der Waals surface area contributed by atoms with Gasteiger partial charge in [0.05, 0.1) is 5.75 Å². The smallest absolute Gasteiger partial charge is 0.240 e. The van der Waals surface area contributed by atoms with E-state index in [-0.39, 0.29) is 11.7 Å². The summed E-state index contributed by atoms with van der Waals surface area (Å²) >= 11 is 0. The minimum absolute atomic E-state index is 0.0828. The fraction of sp³-hybridized carbons (Fsp3) is 0.611. The number of sulfone groups is 1. The SMILES string of the molecule is Cc1cccc(CS(=O)(=O)[C@H](C)C(=O)N2C[C@@H](C)C[C@H](C)C2)c1. The van der Waals surface area contributed by atoms with Crippen molar-refractivity contribution in [3.05, 3.63) is 35.4 Å². The van der Waals surface area contributed by atoms with Gasteiger partial charge in [-0.3, -0.25) is 4.79 Å². The highest BCUT2D eigenvalue weighted by molar-refractivity contribution is 7.92. The monoisotopic (exact) mass is 337 g/mol. The zero-order valence-electron chi connectivity index (χ0n) is 14.5. The van der Waals surface area contributed by atoms with Crippen LogP contribution in [0, 0.1) is 18.8 Å². The van der Waals surface area contributed by atoms with Crippen molar-refractivity contribution in [3.63, 3.8) is 0 Å². The Labute approximate surface area is 139 Å². The second-order valence-corrected chi connectivity index (χ2v) is 9.45. The number of amides is 1. The van der Waals surface area contributed by atoms with Gasteiger partial charge >= 0.3 is 0 Å². The van der Waals surface area contributed by atoms with Crippen molar-refractivity contribution in [2.24, 2.45) is 11.8 Å². The largest absolute Gasteiger partial charge is 0.341 e. The number of hydrogen-bond donors (Lipinski definition) is 0. The Morgan fingerprint density at radius 3 is 2.43 bits per heavy atom. The van der Waals surface area contributed by atoms with Crippen molar-refractivity contribution in [3.8, 4) is 0 Å². The number of benzene rings is 1. The summed E-state index contributed by atoms with van der Waals surface area (Å²) in [4.78, 5) is 14.4. The van der Waals surface area contributed by atoms with Crippen LogP contribution in [0.3, 0.4) is 0 Å². The van der Waals surface area contributed by atoms with Gasteiger partial charge in [0.2, 0.25) is 5.91 Å². The summed E-state index contributed by atoms with van der Waals surface area (Å²) in [6.45, 7) is 9.00. The van der Waals surface area contributed by atoms with Gasteiger partial charge in [-0.1, -0.05) is 43.7 Å². The van der Waals surface area contributed by atoms with E-state index in [0.717, 1.165) is 17.5 Å². The summed E-state index contributed by atoms with van der Waals surface area (Å²) in [6, 6.07) is 7.44. The molecule has 0 N–H and O–H groups in total. The van der Waals surface area contributed by atoms with Crippen LogP contribution in [0.2, 0.25) is 0 Å². The Morgan fingerprint density at radius 2 is 1.87 bits per heavy atom. The predicted molar refractivity (Wildman–Crippen MR) is 92.8 cm³/mol. The summed E-state index contributed by atoms with van der Waals surface area (Å²) in [5.74, 6) is 0.514. The summed E-state index contributed by atoms with van der Waals surface area (Å²) in [5, 5.41) is -0.986. The number of piperidine rings is 1. The Bertz CT molecular complexity index is 659. The normalized spacial score (nSPS) is 23.6. The highest BCUT2D eigenvalue weighted by Crippen LogP contribution is 2.23. The fourth-order valence-corrected chi connectivity index (χ4v) is 4.76. The number of hydrogen-bond acceptors (Lipinski definition) is 3. The molecule has 1 fully saturated rings. The molecule has 23 heavy (non-hydrogen) atoms. The van der Waals surface area contributed by atoms with Gasteiger partial charge in [0, 0.05) is 13.1 Å². The molecule has 0 radical (unpaired) electrons. The average molecular weight is 337 g/mol. The molecule has 0 bridgehead atoms. The lowest BCUT2D eigenvalue weighted by molar-refractivity contribution is -0.133. The van der Waals surface area contributed by atoms with E-state index >= 15 is 0 Å². The summed E-state index contributed by atoms with van der Waals surface area (Å²) in [6.07, 6.45) is 1.09. The molecule has 0 unspecified atom stereocenters. The molecule has 0 saturated carbocycles. The van der Waals surface area contributed by atoms with Crippen molar-refractivity contribution in [2.75, 3.05) is 13.1 Å². The number of nitrogens with zero attached hydrogens (tertiary/aromatic N) is 1. The molecule has 1 aromatic carbocycles. The van der Waals surface area contributed by atoms with E-state index in [2.05, 4.69) is 13.8 Å². The van der Waals surface area contributed by atoms with Crippen molar-refractivity contribution >= 4 is 15.7 Å². The van der Waals surface area contributed by atoms with Crippen LogP contribution >= 0.6 is 0 Å². The second kappa shape index (κ2) is 7.04. The minimum Gasteiger partial charge on any atom is -0.341 e. The Morgan fingerprint density at radius 1 is 1.26 bits per heavy atom. The Balaban J connectivity index is 2.11. The van der Waals surface area contributed by atoms with E-state index in [9.17, 15) is 13.2 Å². The van der Waals surface area contributed by atoms with Gasteiger partial charge < -0.3 is 4.90 Å². The molecule has 1 aromatic rings. The molecule has 4 nitrogen and oxygen atoms in total. The Hall–Kier alpha value is -1.36. The first kappa shape index (κ1) is 18.0. The molecule has 0 spiro atoms. The third-order valence-electron chi connectivity index (χ3n) is 4.52. The van der Waals surface area contributed by atoms with E-state index in [1.165, 1.54) is 6.92 Å². The number of carbonyl (C=O) groups is 1. The van der Waals surface area contributed by atoms with Gasteiger partial charge in [-0.2, -0.15) is 0 Å². The summed E-state index contributed by atoms with van der Waals surface area (Å²) < 4.78 is 25.2. The second-order valence-electron chi connectivity index (χ2n) is 7.13. The molecule has 2 rings (SSSR count). The van der Waals surface area contributed by atoms with Gasteiger partial charge in [0.1, 0.15) is 5.25 Å². The molecule has 1 aliphatic heterocycles. The molecule has 128 valence electrons. The lowest BCUT2D eigenvalue weighted by atomic mass is 9.92. The quantitative estimate of drug-likeness (QED) is 0.849. The van der Waals surface area contributed by atoms with E-state index in [1.807, 2.05) is 25.1 Å².